The van der Waals surface area contributed by atoms with Crippen LogP contribution in [0, 0.1) is 5.41 Å². The minimum Gasteiger partial charge on any atom is -0.474 e. The lowest BCUT2D eigenvalue weighted by atomic mass is 9.52. The van der Waals surface area contributed by atoms with Crippen LogP contribution in [0.25, 0.3) is 0 Å². The molecular formula is C21H28N4O5. The minimum absolute atomic E-state index is 0.0541. The molecule has 9 nitrogen and oxygen atoms in total. The summed E-state index contributed by atoms with van der Waals surface area (Å²) in [6.45, 7) is 3.38. The van der Waals surface area contributed by atoms with Crippen molar-refractivity contribution in [2.75, 3.05) is 0 Å². The van der Waals surface area contributed by atoms with E-state index in [0.29, 0.717) is 12.8 Å². The van der Waals surface area contributed by atoms with Crippen LogP contribution in [0.15, 0.2) is 18.3 Å². The summed E-state index contributed by atoms with van der Waals surface area (Å²) in [5.74, 6) is -0.520. The molecule has 4 rings (SSSR count). The number of rotatable bonds is 7. The first-order valence-corrected chi connectivity index (χ1v) is 10.3. The number of nitrogens with two attached hydrogens (primary N) is 1. The molecule has 3 fully saturated rings. The van der Waals surface area contributed by atoms with Gasteiger partial charge in [-0.2, -0.15) is 0 Å². The number of urea groups is 1. The molecule has 2 aliphatic carbocycles. The fraction of sp³-hybridized carbons (Fsp3) is 0.619. The average molecular weight is 416 g/mol. The number of carbonyl (C=O) groups is 3. The van der Waals surface area contributed by atoms with E-state index in [1.165, 1.54) is 4.90 Å². The lowest BCUT2D eigenvalue weighted by Gasteiger charge is -2.58. The Balaban J connectivity index is 1.28. The Morgan fingerprint density at radius 1 is 1.37 bits per heavy atom. The van der Waals surface area contributed by atoms with E-state index in [4.69, 9.17) is 10.5 Å². The van der Waals surface area contributed by atoms with Crippen LogP contribution in [-0.2, 0) is 4.79 Å². The zero-order valence-corrected chi connectivity index (χ0v) is 17.3. The molecule has 30 heavy (non-hydrogen) atoms. The van der Waals surface area contributed by atoms with Gasteiger partial charge in [-0.3, -0.25) is 14.5 Å². The summed E-state index contributed by atoms with van der Waals surface area (Å²) in [7, 11) is 0. The number of ether oxygens (including phenoxy) is 1. The first-order valence-electron chi connectivity index (χ1n) is 10.3. The van der Waals surface area contributed by atoms with Gasteiger partial charge in [-0.15, -0.1) is 0 Å². The van der Waals surface area contributed by atoms with Gasteiger partial charge in [0, 0.05) is 12.2 Å². The highest BCUT2D eigenvalue weighted by molar-refractivity contribution is 6.04. The Bertz CT molecular complexity index is 866. The van der Waals surface area contributed by atoms with E-state index in [1.807, 2.05) is 0 Å². The monoisotopic (exact) mass is 416 g/mol. The Hall–Kier alpha value is -2.68. The van der Waals surface area contributed by atoms with Gasteiger partial charge in [0.15, 0.2) is 0 Å². The Morgan fingerprint density at radius 3 is 2.70 bits per heavy atom. The normalized spacial score (nSPS) is 30.6. The van der Waals surface area contributed by atoms with E-state index < -0.39 is 17.6 Å². The van der Waals surface area contributed by atoms with Crippen LogP contribution in [0.1, 0.15) is 62.7 Å². The number of nitrogens with zero attached hydrogens (tertiary/aromatic N) is 2. The van der Waals surface area contributed by atoms with Crippen molar-refractivity contribution in [2.45, 2.75) is 76.2 Å². The fourth-order valence-electron chi connectivity index (χ4n) is 4.86. The number of pyridine rings is 1. The van der Waals surface area contributed by atoms with E-state index in [-0.39, 0.29) is 40.9 Å². The predicted molar refractivity (Wildman–Crippen MR) is 107 cm³/mol. The van der Waals surface area contributed by atoms with Crippen molar-refractivity contribution < 1.29 is 24.2 Å². The molecule has 2 heterocycles. The van der Waals surface area contributed by atoms with Gasteiger partial charge < -0.3 is 20.9 Å². The van der Waals surface area contributed by atoms with Crippen LogP contribution in [0.5, 0.6) is 5.88 Å². The highest BCUT2D eigenvalue weighted by Gasteiger charge is 2.58. The van der Waals surface area contributed by atoms with Gasteiger partial charge in [-0.05, 0) is 69.9 Å². The number of hydrogen-bond donors (Lipinski definition) is 3. The van der Waals surface area contributed by atoms with Gasteiger partial charge in [0.1, 0.15) is 17.7 Å². The maximum Gasteiger partial charge on any atom is 0.325 e. The van der Waals surface area contributed by atoms with Gasteiger partial charge in [-0.25, -0.2) is 9.78 Å². The molecule has 1 aliphatic heterocycles. The molecule has 9 heteroatoms. The van der Waals surface area contributed by atoms with Gasteiger partial charge >= 0.3 is 6.03 Å². The maximum atomic E-state index is 12.7. The van der Waals surface area contributed by atoms with E-state index in [2.05, 4.69) is 10.3 Å². The van der Waals surface area contributed by atoms with Crippen LogP contribution in [0.4, 0.5) is 4.79 Å². The summed E-state index contributed by atoms with van der Waals surface area (Å²) >= 11 is 0. The van der Waals surface area contributed by atoms with Crippen LogP contribution in [0.2, 0.25) is 0 Å². The molecule has 2 saturated carbocycles. The third-order valence-corrected chi connectivity index (χ3v) is 6.44. The highest BCUT2D eigenvalue weighted by atomic mass is 16.5. The Morgan fingerprint density at radius 2 is 2.07 bits per heavy atom. The number of aliphatic hydroxyl groups is 1. The smallest absolute Gasteiger partial charge is 0.325 e. The van der Waals surface area contributed by atoms with Crippen molar-refractivity contribution in [3.05, 3.63) is 23.9 Å². The second-order valence-electron chi connectivity index (χ2n) is 9.49. The van der Waals surface area contributed by atoms with Crippen molar-refractivity contribution in [2.24, 2.45) is 11.1 Å². The lowest BCUT2D eigenvalue weighted by Crippen LogP contribution is -2.60. The first kappa shape index (κ1) is 20.6. The van der Waals surface area contributed by atoms with E-state index in [1.54, 1.807) is 32.2 Å². The number of amides is 4. The first-order chi connectivity index (χ1) is 14.1. The molecule has 1 spiro atoms. The zero-order valence-electron chi connectivity index (χ0n) is 17.3. The average Bonchev–Trinajstić information content (AvgIpc) is 2.87. The second kappa shape index (κ2) is 7.23. The molecule has 1 saturated heterocycles. The number of hydrogen-bond acceptors (Lipinski definition) is 6. The molecule has 0 bridgehead atoms. The molecule has 1 aromatic heterocycles. The van der Waals surface area contributed by atoms with Crippen molar-refractivity contribution in [3.63, 3.8) is 0 Å². The third kappa shape index (κ3) is 3.86. The van der Waals surface area contributed by atoms with Crippen LogP contribution < -0.4 is 15.8 Å². The highest BCUT2D eigenvalue weighted by Crippen LogP contribution is 2.58. The molecule has 0 radical (unpaired) electrons. The Kier molecular flexibility index (Phi) is 4.96. The number of primary amides is 1. The van der Waals surface area contributed by atoms with Crippen LogP contribution in [-0.4, -0.2) is 56.6 Å². The van der Waals surface area contributed by atoms with Gasteiger partial charge in [-0.1, -0.05) is 0 Å². The molecule has 3 aliphatic rings. The van der Waals surface area contributed by atoms with Crippen LogP contribution >= 0.6 is 0 Å². The molecule has 4 N–H and O–H groups in total. The van der Waals surface area contributed by atoms with Crippen molar-refractivity contribution >= 4 is 17.8 Å². The largest absolute Gasteiger partial charge is 0.474 e. The summed E-state index contributed by atoms with van der Waals surface area (Å²) in [6.07, 6.45) is 5.47. The molecule has 162 valence electrons. The molecule has 0 aromatic carbocycles. The third-order valence-electron chi connectivity index (χ3n) is 6.44. The van der Waals surface area contributed by atoms with Crippen molar-refractivity contribution in [1.82, 2.24) is 15.2 Å². The Labute approximate surface area is 175 Å². The zero-order chi connectivity index (χ0) is 21.7. The van der Waals surface area contributed by atoms with Crippen LogP contribution in [0.3, 0.4) is 0 Å². The summed E-state index contributed by atoms with van der Waals surface area (Å²) in [6, 6.07) is 2.23. The van der Waals surface area contributed by atoms with Crippen molar-refractivity contribution in [1.29, 1.82) is 0 Å². The molecule has 1 atom stereocenters. The molecule has 1 aromatic rings. The number of nitrogens with one attached hydrogen (secondary N) is 1. The SMILES string of the molecule is CC(C)(O)CCC1NC(=O)N([C@H]2CC3(C[C@H](Oc4ncccc4C(N)=O)C3)C2)C1=O. The fourth-order valence-corrected chi connectivity index (χ4v) is 4.86. The van der Waals surface area contributed by atoms with E-state index in [9.17, 15) is 19.5 Å². The number of aromatic nitrogens is 1. The molecule has 4 amide bonds. The molecule has 1 unspecified atom stereocenters. The van der Waals surface area contributed by atoms with E-state index >= 15 is 0 Å². The minimum atomic E-state index is -0.873. The van der Waals surface area contributed by atoms with Crippen molar-refractivity contribution in [3.8, 4) is 5.88 Å². The van der Waals surface area contributed by atoms with Gasteiger partial charge in [0.2, 0.25) is 5.88 Å². The number of imide groups is 1. The topological polar surface area (TPSA) is 135 Å². The summed E-state index contributed by atoms with van der Waals surface area (Å²) in [5, 5.41) is 12.6. The quantitative estimate of drug-likeness (QED) is 0.574. The molecular weight excluding hydrogens is 388 g/mol. The predicted octanol–water partition coefficient (Wildman–Crippen LogP) is 1.34. The standard InChI is InChI=1S/C21H28N4O5/c1-20(2,29)6-5-15-18(27)25(19(28)24-15)12-8-21(9-12)10-13(11-21)30-17-14(16(22)26)4-3-7-23-17/h3-4,7,12-13,15,29H,5-6,8-11H2,1-2H3,(H2,22,26)(H,24,28)/t12-,13-,15?,21?. The lowest BCUT2D eigenvalue weighted by molar-refractivity contribution is -0.141. The maximum absolute atomic E-state index is 12.7. The summed E-state index contributed by atoms with van der Waals surface area (Å²) < 4.78 is 5.86. The van der Waals surface area contributed by atoms with E-state index in [0.717, 1.165) is 25.7 Å². The number of carbonyl (C=O) groups excluding carboxylic acids is 3. The summed E-state index contributed by atoms with van der Waals surface area (Å²) in [5.41, 5.74) is 4.83. The summed E-state index contributed by atoms with van der Waals surface area (Å²) in [4.78, 5) is 42.0. The van der Waals surface area contributed by atoms with Gasteiger partial charge in [0.25, 0.3) is 11.8 Å². The van der Waals surface area contributed by atoms with Gasteiger partial charge in [0.05, 0.1) is 5.60 Å². The second-order valence-corrected chi connectivity index (χ2v) is 9.49.